The van der Waals surface area contributed by atoms with Crippen molar-refractivity contribution in [3.05, 3.63) is 35.6 Å². The monoisotopic (exact) mass is 290 g/mol. The summed E-state index contributed by atoms with van der Waals surface area (Å²) in [5.74, 6) is -0.602. The van der Waals surface area contributed by atoms with Crippen LogP contribution in [0.1, 0.15) is 24.5 Å². The number of rotatable bonds is 7. The predicted molar refractivity (Wildman–Crippen MR) is 74.8 cm³/mol. The topological polar surface area (TPSA) is 61.4 Å². The summed E-state index contributed by atoms with van der Waals surface area (Å²) in [7, 11) is 1.82. The molecule has 1 aromatic rings. The maximum Gasteiger partial charge on any atom is 0.220 e. The maximum absolute atomic E-state index is 13.3. The molecule has 1 aromatic carbocycles. The Morgan fingerprint density at radius 1 is 1.42 bits per heavy atom. The highest BCUT2D eigenvalue weighted by Gasteiger charge is 2.12. The van der Waals surface area contributed by atoms with Gasteiger partial charge < -0.3 is 15.7 Å². The molecular formula is C13H20ClFN2O2. The molecule has 1 rings (SSSR count). The van der Waals surface area contributed by atoms with Gasteiger partial charge in [-0.2, -0.15) is 0 Å². The third-order valence-corrected chi connectivity index (χ3v) is 2.59. The molecule has 0 saturated heterocycles. The molecule has 1 unspecified atom stereocenters. The normalized spacial score (nSPS) is 11.5. The molecule has 1 atom stereocenters. The van der Waals surface area contributed by atoms with Crippen molar-refractivity contribution >= 4 is 18.3 Å². The van der Waals surface area contributed by atoms with Crippen LogP contribution in [0.25, 0.3) is 0 Å². The van der Waals surface area contributed by atoms with Gasteiger partial charge in [0.25, 0.3) is 0 Å². The molecule has 108 valence electrons. The molecular weight excluding hydrogens is 271 g/mol. The Morgan fingerprint density at radius 2 is 2.11 bits per heavy atom. The minimum atomic E-state index is -1.01. The highest BCUT2D eigenvalue weighted by atomic mass is 35.5. The lowest BCUT2D eigenvalue weighted by Gasteiger charge is -2.13. The van der Waals surface area contributed by atoms with Gasteiger partial charge in [-0.1, -0.05) is 18.2 Å². The molecule has 0 spiro atoms. The van der Waals surface area contributed by atoms with Crippen molar-refractivity contribution in [2.75, 3.05) is 20.1 Å². The standard InChI is InChI=1S/C13H19FN2O2.ClH/c1-15-8-4-7-13(18)16-9-12(17)10-5-2-3-6-11(10)14;/h2-3,5-6,12,15,17H,4,7-9H2,1H3,(H,16,18);1H. The van der Waals surface area contributed by atoms with E-state index in [4.69, 9.17) is 0 Å². The Kier molecular flexibility index (Phi) is 9.12. The lowest BCUT2D eigenvalue weighted by molar-refractivity contribution is -0.121. The second-order valence-corrected chi connectivity index (χ2v) is 4.05. The molecule has 4 nitrogen and oxygen atoms in total. The average molecular weight is 291 g/mol. The lowest BCUT2D eigenvalue weighted by Crippen LogP contribution is -2.29. The molecule has 0 fully saturated rings. The minimum Gasteiger partial charge on any atom is -0.386 e. The van der Waals surface area contributed by atoms with Crippen LogP contribution in [-0.4, -0.2) is 31.2 Å². The molecule has 3 N–H and O–H groups in total. The summed E-state index contributed by atoms with van der Waals surface area (Å²) >= 11 is 0. The number of amides is 1. The van der Waals surface area contributed by atoms with Crippen LogP contribution >= 0.6 is 12.4 Å². The number of hydrogen-bond acceptors (Lipinski definition) is 3. The highest BCUT2D eigenvalue weighted by Crippen LogP contribution is 2.15. The molecule has 1 amide bonds. The van der Waals surface area contributed by atoms with E-state index in [0.29, 0.717) is 6.42 Å². The quantitative estimate of drug-likeness (QED) is 0.665. The van der Waals surface area contributed by atoms with Crippen LogP contribution < -0.4 is 10.6 Å². The predicted octanol–water partition coefficient (Wildman–Crippen LogP) is 1.40. The zero-order chi connectivity index (χ0) is 13.4. The third-order valence-electron chi connectivity index (χ3n) is 2.59. The highest BCUT2D eigenvalue weighted by molar-refractivity contribution is 5.85. The van der Waals surface area contributed by atoms with Crippen LogP contribution in [0, 0.1) is 5.82 Å². The maximum atomic E-state index is 13.3. The molecule has 0 saturated carbocycles. The van der Waals surface area contributed by atoms with Crippen LogP contribution in [0.4, 0.5) is 4.39 Å². The first-order valence-corrected chi connectivity index (χ1v) is 5.99. The van der Waals surface area contributed by atoms with Gasteiger partial charge in [0.2, 0.25) is 5.91 Å². The van der Waals surface area contributed by atoms with Gasteiger partial charge in [-0.05, 0) is 26.1 Å². The van der Waals surface area contributed by atoms with Gasteiger partial charge in [0.15, 0.2) is 0 Å². The van der Waals surface area contributed by atoms with Gasteiger partial charge >= 0.3 is 0 Å². The molecule has 6 heteroatoms. The van der Waals surface area contributed by atoms with Gasteiger partial charge in [0, 0.05) is 18.5 Å². The van der Waals surface area contributed by atoms with Crippen molar-refractivity contribution in [1.29, 1.82) is 0 Å². The smallest absolute Gasteiger partial charge is 0.220 e. The first-order valence-electron chi connectivity index (χ1n) is 5.99. The molecule has 0 aliphatic carbocycles. The van der Waals surface area contributed by atoms with Crippen molar-refractivity contribution in [3.63, 3.8) is 0 Å². The summed E-state index contributed by atoms with van der Waals surface area (Å²) in [6, 6.07) is 6.00. The fraction of sp³-hybridized carbons (Fsp3) is 0.462. The SMILES string of the molecule is CNCCCC(=O)NCC(O)c1ccccc1F.Cl. The third kappa shape index (κ3) is 6.52. The van der Waals surface area contributed by atoms with Crippen molar-refractivity contribution in [3.8, 4) is 0 Å². The zero-order valence-electron chi connectivity index (χ0n) is 10.9. The van der Waals surface area contributed by atoms with Crippen LogP contribution in [0.15, 0.2) is 24.3 Å². The fourth-order valence-corrected chi connectivity index (χ4v) is 1.58. The number of aliphatic hydroxyl groups is 1. The first kappa shape index (κ1) is 17.8. The van der Waals surface area contributed by atoms with Gasteiger partial charge in [-0.3, -0.25) is 4.79 Å². The fourth-order valence-electron chi connectivity index (χ4n) is 1.58. The van der Waals surface area contributed by atoms with Crippen molar-refractivity contribution in [1.82, 2.24) is 10.6 Å². The van der Waals surface area contributed by atoms with E-state index in [1.54, 1.807) is 12.1 Å². The van der Waals surface area contributed by atoms with E-state index < -0.39 is 11.9 Å². The minimum absolute atomic E-state index is 0. The van der Waals surface area contributed by atoms with Crippen LogP contribution in [0.5, 0.6) is 0 Å². The van der Waals surface area contributed by atoms with E-state index in [2.05, 4.69) is 10.6 Å². The first-order chi connectivity index (χ1) is 8.65. The summed E-state index contributed by atoms with van der Waals surface area (Å²) in [6.07, 6.45) is 0.114. The number of aliphatic hydroxyl groups excluding tert-OH is 1. The number of halogens is 2. The number of benzene rings is 1. The van der Waals surface area contributed by atoms with Gasteiger partial charge in [-0.25, -0.2) is 4.39 Å². The summed E-state index contributed by atoms with van der Waals surface area (Å²) in [4.78, 5) is 11.4. The number of nitrogens with one attached hydrogen (secondary N) is 2. The van der Waals surface area contributed by atoms with Gasteiger partial charge in [0.05, 0.1) is 6.10 Å². The Hall–Kier alpha value is -1.17. The average Bonchev–Trinajstić information content (AvgIpc) is 2.37. The van der Waals surface area contributed by atoms with E-state index in [1.165, 1.54) is 12.1 Å². The van der Waals surface area contributed by atoms with Crippen LogP contribution in [-0.2, 0) is 4.79 Å². The van der Waals surface area contributed by atoms with Gasteiger partial charge in [-0.15, -0.1) is 12.4 Å². The summed E-state index contributed by atoms with van der Waals surface area (Å²) in [6.45, 7) is 0.794. The molecule has 0 radical (unpaired) electrons. The molecule has 0 aromatic heterocycles. The van der Waals surface area contributed by atoms with E-state index in [1.807, 2.05) is 7.05 Å². The second-order valence-electron chi connectivity index (χ2n) is 4.05. The Bertz CT molecular complexity index is 391. The molecule has 19 heavy (non-hydrogen) atoms. The second kappa shape index (κ2) is 9.72. The molecule has 0 heterocycles. The zero-order valence-corrected chi connectivity index (χ0v) is 11.7. The molecule has 0 aliphatic rings. The van der Waals surface area contributed by atoms with Crippen molar-refractivity contribution < 1.29 is 14.3 Å². The summed E-state index contributed by atoms with van der Waals surface area (Å²) in [5.41, 5.74) is 0.202. The van der Waals surface area contributed by atoms with Gasteiger partial charge in [0.1, 0.15) is 5.82 Å². The number of carbonyl (C=O) groups excluding carboxylic acids is 1. The lowest BCUT2D eigenvalue weighted by atomic mass is 10.1. The van der Waals surface area contributed by atoms with Crippen LogP contribution in [0.2, 0.25) is 0 Å². The van der Waals surface area contributed by atoms with E-state index in [0.717, 1.165) is 13.0 Å². The van der Waals surface area contributed by atoms with Crippen molar-refractivity contribution in [2.24, 2.45) is 0 Å². The largest absolute Gasteiger partial charge is 0.386 e. The summed E-state index contributed by atoms with van der Waals surface area (Å²) in [5, 5.41) is 15.3. The van der Waals surface area contributed by atoms with E-state index in [-0.39, 0.29) is 30.4 Å². The van der Waals surface area contributed by atoms with Crippen molar-refractivity contribution in [2.45, 2.75) is 18.9 Å². The Morgan fingerprint density at radius 3 is 2.74 bits per heavy atom. The number of carbonyl (C=O) groups is 1. The van der Waals surface area contributed by atoms with Crippen LogP contribution in [0.3, 0.4) is 0 Å². The molecule has 0 aliphatic heterocycles. The summed E-state index contributed by atoms with van der Waals surface area (Å²) < 4.78 is 13.3. The molecule has 0 bridgehead atoms. The van der Waals surface area contributed by atoms with E-state index >= 15 is 0 Å². The number of hydrogen-bond donors (Lipinski definition) is 3. The van der Waals surface area contributed by atoms with E-state index in [9.17, 15) is 14.3 Å². The Balaban J connectivity index is 0.00000324. The Labute approximate surface area is 118 Å².